The van der Waals surface area contributed by atoms with E-state index in [1.165, 1.54) is 24.8 Å². The Hall–Kier alpha value is -1.02. The third-order valence-corrected chi connectivity index (χ3v) is 4.74. The van der Waals surface area contributed by atoms with E-state index in [1.54, 1.807) is 12.1 Å². The fourth-order valence-corrected chi connectivity index (χ4v) is 3.14. The van der Waals surface area contributed by atoms with Gasteiger partial charge in [0.2, 0.25) is 0 Å². The number of phenols is 1. The molecule has 4 unspecified atom stereocenters. The SMILES string of the molecule is CCC(NC1CCC(C)C(C)C1)c1ccc(O)cc1. The Morgan fingerprint density at radius 3 is 2.42 bits per heavy atom. The molecule has 1 aliphatic carbocycles. The minimum absolute atomic E-state index is 0.346. The Morgan fingerprint density at radius 2 is 1.84 bits per heavy atom. The monoisotopic (exact) mass is 261 g/mol. The number of benzene rings is 1. The van der Waals surface area contributed by atoms with E-state index in [9.17, 15) is 5.11 Å². The lowest BCUT2D eigenvalue weighted by Gasteiger charge is -2.35. The molecule has 1 aliphatic rings. The topological polar surface area (TPSA) is 32.3 Å². The Balaban J connectivity index is 1.97. The van der Waals surface area contributed by atoms with Crippen LogP contribution in [0, 0.1) is 11.8 Å². The summed E-state index contributed by atoms with van der Waals surface area (Å²) >= 11 is 0. The van der Waals surface area contributed by atoms with Crippen LogP contribution in [-0.4, -0.2) is 11.1 Å². The second kappa shape index (κ2) is 6.42. The summed E-state index contributed by atoms with van der Waals surface area (Å²) in [5, 5.41) is 13.2. The Morgan fingerprint density at radius 1 is 1.16 bits per heavy atom. The smallest absolute Gasteiger partial charge is 0.115 e. The number of hydrogen-bond donors (Lipinski definition) is 2. The highest BCUT2D eigenvalue weighted by Crippen LogP contribution is 2.31. The Labute approximate surface area is 117 Å². The van der Waals surface area contributed by atoms with Gasteiger partial charge in [0, 0.05) is 12.1 Å². The molecule has 19 heavy (non-hydrogen) atoms. The molecule has 2 N–H and O–H groups in total. The molecular formula is C17H27NO. The molecule has 0 amide bonds. The molecule has 0 spiro atoms. The maximum absolute atomic E-state index is 9.38. The van der Waals surface area contributed by atoms with Crippen molar-refractivity contribution in [1.29, 1.82) is 0 Å². The molecule has 0 heterocycles. The summed E-state index contributed by atoms with van der Waals surface area (Å²) in [4.78, 5) is 0. The van der Waals surface area contributed by atoms with Crippen molar-refractivity contribution in [3.63, 3.8) is 0 Å². The Kier molecular flexibility index (Phi) is 4.87. The van der Waals surface area contributed by atoms with Crippen LogP contribution in [0.2, 0.25) is 0 Å². The second-order valence-electron chi connectivity index (χ2n) is 6.18. The molecular weight excluding hydrogens is 234 g/mol. The number of phenolic OH excluding ortho intramolecular Hbond substituents is 1. The van der Waals surface area contributed by atoms with Gasteiger partial charge in [0.15, 0.2) is 0 Å². The van der Waals surface area contributed by atoms with E-state index in [0.29, 0.717) is 17.8 Å². The molecule has 0 aromatic heterocycles. The fraction of sp³-hybridized carbons (Fsp3) is 0.647. The largest absolute Gasteiger partial charge is 0.508 e. The summed E-state index contributed by atoms with van der Waals surface area (Å²) in [5.41, 5.74) is 1.28. The summed E-state index contributed by atoms with van der Waals surface area (Å²) in [7, 11) is 0. The summed E-state index contributed by atoms with van der Waals surface area (Å²) in [5.74, 6) is 2.04. The van der Waals surface area contributed by atoms with Crippen molar-refractivity contribution in [3.05, 3.63) is 29.8 Å². The van der Waals surface area contributed by atoms with Crippen molar-refractivity contribution in [3.8, 4) is 5.75 Å². The van der Waals surface area contributed by atoms with E-state index >= 15 is 0 Å². The van der Waals surface area contributed by atoms with Crippen molar-refractivity contribution in [2.24, 2.45) is 11.8 Å². The van der Waals surface area contributed by atoms with Gasteiger partial charge in [0.1, 0.15) is 5.75 Å². The molecule has 0 bridgehead atoms. The maximum Gasteiger partial charge on any atom is 0.115 e. The van der Waals surface area contributed by atoms with Gasteiger partial charge in [0.05, 0.1) is 0 Å². The van der Waals surface area contributed by atoms with Crippen LogP contribution in [0.3, 0.4) is 0 Å². The van der Waals surface area contributed by atoms with E-state index in [2.05, 4.69) is 26.1 Å². The van der Waals surface area contributed by atoms with E-state index < -0.39 is 0 Å². The van der Waals surface area contributed by atoms with Crippen LogP contribution in [0.5, 0.6) is 5.75 Å². The van der Waals surface area contributed by atoms with Gasteiger partial charge in [-0.15, -0.1) is 0 Å². The first kappa shape index (κ1) is 14.4. The minimum atomic E-state index is 0.346. The van der Waals surface area contributed by atoms with Gasteiger partial charge in [-0.1, -0.05) is 32.9 Å². The summed E-state index contributed by atoms with van der Waals surface area (Å²) in [6.07, 6.45) is 5.01. The van der Waals surface area contributed by atoms with E-state index in [-0.39, 0.29) is 0 Å². The van der Waals surface area contributed by atoms with Gasteiger partial charge in [-0.3, -0.25) is 0 Å². The van der Waals surface area contributed by atoms with Crippen LogP contribution >= 0.6 is 0 Å². The van der Waals surface area contributed by atoms with Gasteiger partial charge < -0.3 is 10.4 Å². The van der Waals surface area contributed by atoms with Crippen LogP contribution in [0.25, 0.3) is 0 Å². The predicted molar refractivity (Wildman–Crippen MR) is 80.2 cm³/mol. The average molecular weight is 261 g/mol. The summed E-state index contributed by atoms with van der Waals surface area (Å²) in [6, 6.07) is 8.68. The zero-order valence-electron chi connectivity index (χ0n) is 12.4. The number of nitrogens with one attached hydrogen (secondary N) is 1. The van der Waals surface area contributed by atoms with Crippen LogP contribution in [-0.2, 0) is 0 Å². The molecule has 2 nitrogen and oxygen atoms in total. The lowest BCUT2D eigenvalue weighted by atomic mass is 9.79. The Bertz CT molecular complexity index is 387. The van der Waals surface area contributed by atoms with E-state index in [1.807, 2.05) is 12.1 Å². The fourth-order valence-electron chi connectivity index (χ4n) is 3.14. The lowest BCUT2D eigenvalue weighted by Crippen LogP contribution is -2.38. The molecule has 0 radical (unpaired) electrons. The molecule has 1 saturated carbocycles. The van der Waals surface area contributed by atoms with E-state index in [0.717, 1.165) is 18.3 Å². The highest BCUT2D eigenvalue weighted by atomic mass is 16.3. The zero-order valence-corrected chi connectivity index (χ0v) is 12.4. The normalized spacial score (nSPS) is 29.1. The van der Waals surface area contributed by atoms with Crippen molar-refractivity contribution >= 4 is 0 Å². The zero-order chi connectivity index (χ0) is 13.8. The predicted octanol–water partition coefficient (Wildman–Crippen LogP) is 4.26. The number of rotatable bonds is 4. The maximum atomic E-state index is 9.38. The molecule has 1 aromatic rings. The summed E-state index contributed by atoms with van der Waals surface area (Å²) in [6.45, 7) is 6.97. The van der Waals surface area contributed by atoms with Crippen molar-refractivity contribution in [1.82, 2.24) is 5.32 Å². The summed E-state index contributed by atoms with van der Waals surface area (Å²) < 4.78 is 0. The van der Waals surface area contributed by atoms with Crippen molar-refractivity contribution in [2.45, 2.75) is 58.5 Å². The highest BCUT2D eigenvalue weighted by Gasteiger charge is 2.26. The molecule has 1 fully saturated rings. The van der Waals surface area contributed by atoms with Crippen molar-refractivity contribution < 1.29 is 5.11 Å². The third-order valence-electron chi connectivity index (χ3n) is 4.74. The molecule has 0 aliphatic heterocycles. The van der Waals surface area contributed by atoms with Crippen LogP contribution < -0.4 is 5.32 Å². The molecule has 0 saturated heterocycles. The van der Waals surface area contributed by atoms with E-state index in [4.69, 9.17) is 0 Å². The molecule has 2 heteroatoms. The number of aromatic hydroxyl groups is 1. The quantitative estimate of drug-likeness (QED) is 0.849. The first-order chi connectivity index (χ1) is 9.10. The van der Waals surface area contributed by atoms with Crippen LogP contribution in [0.15, 0.2) is 24.3 Å². The first-order valence-electron chi connectivity index (χ1n) is 7.65. The second-order valence-corrected chi connectivity index (χ2v) is 6.18. The van der Waals surface area contributed by atoms with Gasteiger partial charge >= 0.3 is 0 Å². The molecule has 1 aromatic carbocycles. The standard InChI is InChI=1S/C17H27NO/c1-4-17(14-6-9-16(19)10-7-14)18-15-8-5-12(2)13(3)11-15/h6-7,9-10,12-13,15,17-19H,4-5,8,11H2,1-3H3. The number of hydrogen-bond acceptors (Lipinski definition) is 2. The van der Waals surface area contributed by atoms with Gasteiger partial charge in [-0.25, -0.2) is 0 Å². The van der Waals surface area contributed by atoms with Gasteiger partial charge in [-0.05, 0) is 55.2 Å². The lowest BCUT2D eigenvalue weighted by molar-refractivity contribution is 0.214. The minimum Gasteiger partial charge on any atom is -0.508 e. The average Bonchev–Trinajstić information content (AvgIpc) is 2.41. The van der Waals surface area contributed by atoms with Crippen LogP contribution in [0.1, 0.15) is 58.1 Å². The first-order valence-corrected chi connectivity index (χ1v) is 7.65. The van der Waals surface area contributed by atoms with Crippen LogP contribution in [0.4, 0.5) is 0 Å². The third kappa shape index (κ3) is 3.73. The molecule has 2 rings (SSSR count). The highest BCUT2D eigenvalue weighted by molar-refractivity contribution is 5.28. The van der Waals surface area contributed by atoms with Crippen molar-refractivity contribution in [2.75, 3.05) is 0 Å². The molecule has 4 atom stereocenters. The van der Waals surface area contributed by atoms with Gasteiger partial charge in [0.25, 0.3) is 0 Å². The molecule has 106 valence electrons. The van der Waals surface area contributed by atoms with Gasteiger partial charge in [-0.2, -0.15) is 0 Å².